The van der Waals surface area contributed by atoms with E-state index in [0.717, 1.165) is 6.07 Å². The van der Waals surface area contributed by atoms with Gasteiger partial charge in [-0.25, -0.2) is 13.8 Å². The summed E-state index contributed by atoms with van der Waals surface area (Å²) in [4.78, 5) is 3.39. The van der Waals surface area contributed by atoms with Gasteiger partial charge in [0, 0.05) is 17.0 Å². The first-order valence-corrected chi connectivity index (χ1v) is 4.26. The molecule has 0 amide bonds. The van der Waals surface area contributed by atoms with Crippen LogP contribution in [0.15, 0.2) is 12.1 Å². The second-order valence-electron chi connectivity index (χ2n) is 2.15. The Morgan fingerprint density at radius 2 is 2.08 bits per heavy atom. The van der Waals surface area contributed by atoms with Crippen molar-refractivity contribution in [2.45, 2.75) is 11.8 Å². The van der Waals surface area contributed by atoms with E-state index in [1.807, 2.05) is 0 Å². The van der Waals surface area contributed by atoms with E-state index in [1.54, 1.807) is 0 Å². The second-order valence-corrected chi connectivity index (χ2v) is 2.71. The number of halogens is 4. The molecule has 12 heavy (non-hydrogen) atoms. The molecule has 1 nitrogen and oxygen atoms in total. The van der Waals surface area contributed by atoms with Gasteiger partial charge in [-0.1, -0.05) is 15.9 Å². The van der Waals surface area contributed by atoms with Gasteiger partial charge in [-0.05, 0) is 6.07 Å². The van der Waals surface area contributed by atoms with Crippen LogP contribution in [-0.4, -0.2) is 4.98 Å². The summed E-state index contributed by atoms with van der Waals surface area (Å²) in [6.07, 6.45) is -2.65. The number of hydrogen-bond donors (Lipinski definition) is 0. The van der Waals surface area contributed by atoms with Gasteiger partial charge in [-0.2, -0.15) is 4.39 Å². The zero-order chi connectivity index (χ0) is 9.14. The molecule has 1 heterocycles. The summed E-state index contributed by atoms with van der Waals surface area (Å²) in [5, 5.41) is 0.268. The van der Waals surface area contributed by atoms with Crippen molar-refractivity contribution in [3.05, 3.63) is 29.3 Å². The fraction of sp³-hybridized carbons (Fsp3) is 0.286. The minimum atomic E-state index is -2.65. The number of nitrogens with zero attached hydrogens (tertiary/aromatic N) is 1. The average molecular weight is 240 g/mol. The van der Waals surface area contributed by atoms with Gasteiger partial charge < -0.3 is 0 Å². The predicted octanol–water partition coefficient (Wildman–Crippen LogP) is 3.05. The third-order valence-electron chi connectivity index (χ3n) is 1.26. The Kier molecular flexibility index (Phi) is 3.08. The van der Waals surface area contributed by atoms with E-state index in [9.17, 15) is 13.2 Å². The summed E-state index contributed by atoms with van der Waals surface area (Å²) in [5.41, 5.74) is -0.0674. The highest BCUT2D eigenvalue weighted by Gasteiger charge is 2.10. The number of rotatable bonds is 2. The van der Waals surface area contributed by atoms with Gasteiger partial charge in [-0.3, -0.25) is 0 Å². The van der Waals surface area contributed by atoms with Crippen LogP contribution < -0.4 is 0 Å². The van der Waals surface area contributed by atoms with Crippen molar-refractivity contribution >= 4 is 15.9 Å². The average Bonchev–Trinajstić information content (AvgIpc) is 2.03. The summed E-state index contributed by atoms with van der Waals surface area (Å²) in [6.45, 7) is 0. The summed E-state index contributed by atoms with van der Waals surface area (Å²) in [5.74, 6) is -0.873. The lowest BCUT2D eigenvalue weighted by molar-refractivity contribution is 0.150. The first kappa shape index (κ1) is 9.51. The highest BCUT2D eigenvalue weighted by Crippen LogP contribution is 2.20. The quantitative estimate of drug-likeness (QED) is 0.571. The van der Waals surface area contributed by atoms with Crippen LogP contribution in [0.2, 0.25) is 0 Å². The summed E-state index contributed by atoms with van der Waals surface area (Å²) in [7, 11) is 0. The van der Waals surface area contributed by atoms with Crippen LogP contribution in [0.4, 0.5) is 13.2 Å². The fourth-order valence-corrected chi connectivity index (χ4v) is 1.06. The molecule has 66 valence electrons. The van der Waals surface area contributed by atoms with Gasteiger partial charge in [0.15, 0.2) is 0 Å². The molecule has 0 atom stereocenters. The SMILES string of the molecule is Fc1cc(C(F)F)cc(CBr)n1. The number of pyridine rings is 1. The Morgan fingerprint density at radius 3 is 2.58 bits per heavy atom. The van der Waals surface area contributed by atoms with Crippen LogP contribution in [0.1, 0.15) is 17.7 Å². The fourth-order valence-electron chi connectivity index (χ4n) is 0.768. The van der Waals surface area contributed by atoms with Crippen molar-refractivity contribution in [1.29, 1.82) is 0 Å². The standard InChI is InChI=1S/C7H5BrF3N/c8-3-5-1-4(7(10)11)2-6(9)12-5/h1-2,7H,3H2. The maximum atomic E-state index is 12.5. The topological polar surface area (TPSA) is 12.9 Å². The van der Waals surface area contributed by atoms with Gasteiger partial charge in [0.1, 0.15) is 0 Å². The summed E-state index contributed by atoms with van der Waals surface area (Å²) >= 11 is 3.00. The van der Waals surface area contributed by atoms with E-state index in [4.69, 9.17) is 0 Å². The molecule has 0 spiro atoms. The Bertz CT molecular complexity index is 277. The number of hydrogen-bond acceptors (Lipinski definition) is 1. The molecule has 5 heteroatoms. The first-order valence-electron chi connectivity index (χ1n) is 3.14. The molecule has 1 aromatic heterocycles. The highest BCUT2D eigenvalue weighted by atomic mass is 79.9. The summed E-state index contributed by atoms with van der Waals surface area (Å²) in [6, 6.07) is 1.90. The Hall–Kier alpha value is -0.580. The molecule has 0 aliphatic rings. The maximum absolute atomic E-state index is 12.5. The molecule has 0 N–H and O–H groups in total. The third kappa shape index (κ3) is 2.20. The van der Waals surface area contributed by atoms with Crippen molar-refractivity contribution in [3.8, 4) is 0 Å². The lowest BCUT2D eigenvalue weighted by Gasteiger charge is -2.01. The van der Waals surface area contributed by atoms with Gasteiger partial charge in [0.2, 0.25) is 5.95 Å². The Labute approximate surface area is 75.7 Å². The molecule has 0 bridgehead atoms. The van der Waals surface area contributed by atoms with Crippen molar-refractivity contribution in [3.63, 3.8) is 0 Å². The van der Waals surface area contributed by atoms with E-state index < -0.39 is 12.4 Å². The minimum absolute atomic E-state index is 0.268. The lowest BCUT2D eigenvalue weighted by Crippen LogP contribution is -1.94. The normalized spacial score (nSPS) is 10.8. The van der Waals surface area contributed by atoms with E-state index in [1.165, 1.54) is 6.07 Å². The van der Waals surface area contributed by atoms with Crippen LogP contribution >= 0.6 is 15.9 Å². The van der Waals surface area contributed by atoms with Crippen LogP contribution in [0, 0.1) is 5.95 Å². The van der Waals surface area contributed by atoms with Crippen LogP contribution in [0.3, 0.4) is 0 Å². The van der Waals surface area contributed by atoms with Gasteiger partial charge in [0.05, 0.1) is 5.69 Å². The molecular weight excluding hydrogens is 235 g/mol. The van der Waals surface area contributed by atoms with E-state index in [0.29, 0.717) is 0 Å². The zero-order valence-electron chi connectivity index (χ0n) is 5.90. The van der Waals surface area contributed by atoms with Crippen LogP contribution in [0.25, 0.3) is 0 Å². The van der Waals surface area contributed by atoms with Crippen molar-refractivity contribution in [2.24, 2.45) is 0 Å². The van der Waals surface area contributed by atoms with Gasteiger partial charge in [0.25, 0.3) is 6.43 Å². The van der Waals surface area contributed by atoms with E-state index in [-0.39, 0.29) is 16.6 Å². The van der Waals surface area contributed by atoms with Crippen molar-refractivity contribution in [1.82, 2.24) is 4.98 Å². The molecule has 1 aromatic rings. The predicted molar refractivity (Wildman–Crippen MR) is 41.8 cm³/mol. The molecule has 0 radical (unpaired) electrons. The molecule has 0 unspecified atom stereocenters. The van der Waals surface area contributed by atoms with Crippen LogP contribution in [0.5, 0.6) is 0 Å². The molecule has 1 rings (SSSR count). The smallest absolute Gasteiger partial charge is 0.224 e. The number of alkyl halides is 3. The van der Waals surface area contributed by atoms with Crippen molar-refractivity contribution < 1.29 is 13.2 Å². The first-order chi connectivity index (χ1) is 5.63. The minimum Gasteiger partial charge on any atom is -0.224 e. The zero-order valence-corrected chi connectivity index (χ0v) is 7.48. The molecule has 0 fully saturated rings. The van der Waals surface area contributed by atoms with E-state index in [2.05, 4.69) is 20.9 Å². The monoisotopic (exact) mass is 239 g/mol. The maximum Gasteiger partial charge on any atom is 0.264 e. The summed E-state index contributed by atoms with van der Waals surface area (Å²) < 4.78 is 36.6. The van der Waals surface area contributed by atoms with Gasteiger partial charge >= 0.3 is 0 Å². The molecule has 0 saturated carbocycles. The molecule has 0 aromatic carbocycles. The lowest BCUT2D eigenvalue weighted by atomic mass is 10.2. The van der Waals surface area contributed by atoms with Crippen LogP contribution in [-0.2, 0) is 5.33 Å². The second kappa shape index (κ2) is 3.89. The largest absolute Gasteiger partial charge is 0.264 e. The van der Waals surface area contributed by atoms with Gasteiger partial charge in [-0.15, -0.1) is 0 Å². The van der Waals surface area contributed by atoms with E-state index >= 15 is 0 Å². The Balaban J connectivity index is 3.06. The molecule has 0 aliphatic carbocycles. The Morgan fingerprint density at radius 1 is 1.42 bits per heavy atom. The molecular formula is C7H5BrF3N. The molecule has 0 aliphatic heterocycles. The number of aromatic nitrogens is 1. The third-order valence-corrected chi connectivity index (χ3v) is 1.83. The highest BCUT2D eigenvalue weighted by molar-refractivity contribution is 9.08. The van der Waals surface area contributed by atoms with Crippen molar-refractivity contribution in [2.75, 3.05) is 0 Å². The molecule has 0 saturated heterocycles.